The molecule has 4 rings (SSSR count). The highest BCUT2D eigenvalue weighted by molar-refractivity contribution is 5.94. The van der Waals surface area contributed by atoms with E-state index in [1.807, 2.05) is 12.1 Å². The van der Waals surface area contributed by atoms with Crippen LogP contribution in [0.15, 0.2) is 72.8 Å². The molecule has 1 heterocycles. The summed E-state index contributed by atoms with van der Waals surface area (Å²) in [5.41, 5.74) is 2.84. The second-order valence-corrected chi connectivity index (χ2v) is 7.47. The Morgan fingerprint density at radius 2 is 1.58 bits per heavy atom. The fourth-order valence-electron chi connectivity index (χ4n) is 3.61. The molecule has 5 nitrogen and oxygen atoms in total. The van der Waals surface area contributed by atoms with Gasteiger partial charge in [0.25, 0.3) is 5.91 Å². The van der Waals surface area contributed by atoms with Gasteiger partial charge < -0.3 is 19.3 Å². The molecule has 160 valence electrons. The molecule has 1 aliphatic rings. The van der Waals surface area contributed by atoms with Crippen molar-refractivity contribution in [3.63, 3.8) is 0 Å². The summed E-state index contributed by atoms with van der Waals surface area (Å²) in [4.78, 5) is 17.0. The number of carbonyl (C=O) groups excluding carboxylic acids is 1. The normalized spacial score (nSPS) is 13.7. The predicted octanol–water partition coefficient (Wildman–Crippen LogP) is 4.73. The maximum absolute atomic E-state index is 13.0. The Morgan fingerprint density at radius 1 is 0.968 bits per heavy atom. The van der Waals surface area contributed by atoms with Gasteiger partial charge in [-0.25, -0.2) is 4.39 Å². The van der Waals surface area contributed by atoms with Crippen LogP contribution in [0.4, 0.5) is 10.1 Å². The smallest absolute Gasteiger partial charge is 0.253 e. The number of halogens is 1. The van der Waals surface area contributed by atoms with Gasteiger partial charge in [-0.2, -0.15) is 0 Å². The molecule has 0 unspecified atom stereocenters. The molecule has 0 radical (unpaired) electrons. The largest absolute Gasteiger partial charge is 0.457 e. The van der Waals surface area contributed by atoms with E-state index in [0.29, 0.717) is 23.6 Å². The molecule has 3 aromatic carbocycles. The molecule has 31 heavy (non-hydrogen) atoms. The van der Waals surface area contributed by atoms with E-state index in [9.17, 15) is 9.18 Å². The number of morpholine rings is 1. The Hall–Kier alpha value is -3.38. The third-order valence-corrected chi connectivity index (χ3v) is 5.25. The van der Waals surface area contributed by atoms with Crippen LogP contribution in [0.2, 0.25) is 0 Å². The van der Waals surface area contributed by atoms with Crippen LogP contribution in [0.3, 0.4) is 0 Å². The van der Waals surface area contributed by atoms with Gasteiger partial charge in [0, 0.05) is 37.9 Å². The predicted molar refractivity (Wildman–Crippen MR) is 118 cm³/mol. The molecule has 0 aromatic heterocycles. The van der Waals surface area contributed by atoms with E-state index in [1.165, 1.54) is 12.1 Å². The number of para-hydroxylation sites is 1. The summed E-state index contributed by atoms with van der Waals surface area (Å²) in [6.45, 7) is 3.65. The van der Waals surface area contributed by atoms with Crippen LogP contribution in [-0.4, -0.2) is 44.2 Å². The Morgan fingerprint density at radius 3 is 2.26 bits per heavy atom. The number of anilines is 1. The summed E-state index contributed by atoms with van der Waals surface area (Å²) in [6.07, 6.45) is 0. The molecule has 1 fully saturated rings. The van der Waals surface area contributed by atoms with E-state index < -0.39 is 0 Å². The molecular weight excluding hydrogens is 395 g/mol. The van der Waals surface area contributed by atoms with Crippen LogP contribution in [0, 0.1) is 5.82 Å². The molecule has 0 spiro atoms. The zero-order valence-corrected chi connectivity index (χ0v) is 17.5. The SMILES string of the molecule is CN(Cc1ccccc1N1CCOCC1)C(=O)c1ccc(Oc2ccc(F)cc2)cc1. The van der Waals surface area contributed by atoms with Crippen LogP contribution >= 0.6 is 0 Å². The zero-order valence-electron chi connectivity index (χ0n) is 17.5. The molecule has 0 aliphatic carbocycles. The van der Waals surface area contributed by atoms with Crippen molar-refractivity contribution in [3.05, 3.63) is 89.7 Å². The lowest BCUT2D eigenvalue weighted by molar-refractivity contribution is 0.0785. The van der Waals surface area contributed by atoms with Crippen molar-refractivity contribution in [1.82, 2.24) is 4.90 Å². The van der Waals surface area contributed by atoms with E-state index in [-0.39, 0.29) is 11.7 Å². The topological polar surface area (TPSA) is 42.0 Å². The second-order valence-electron chi connectivity index (χ2n) is 7.47. The lowest BCUT2D eigenvalue weighted by Gasteiger charge is -2.31. The Kier molecular flexibility index (Phi) is 6.48. The molecule has 0 N–H and O–H groups in total. The van der Waals surface area contributed by atoms with Crippen LogP contribution < -0.4 is 9.64 Å². The first-order chi connectivity index (χ1) is 15.1. The second kappa shape index (κ2) is 9.62. The number of hydrogen-bond donors (Lipinski definition) is 0. The van der Waals surface area contributed by atoms with Gasteiger partial charge in [0.15, 0.2) is 0 Å². The summed E-state index contributed by atoms with van der Waals surface area (Å²) >= 11 is 0. The lowest BCUT2D eigenvalue weighted by atomic mass is 10.1. The monoisotopic (exact) mass is 420 g/mol. The van der Waals surface area contributed by atoms with Gasteiger partial charge in [0.05, 0.1) is 13.2 Å². The zero-order chi connectivity index (χ0) is 21.6. The van der Waals surface area contributed by atoms with Crippen molar-refractivity contribution < 1.29 is 18.7 Å². The van der Waals surface area contributed by atoms with Crippen LogP contribution in [0.1, 0.15) is 15.9 Å². The highest BCUT2D eigenvalue weighted by Crippen LogP contribution is 2.25. The summed E-state index contributed by atoms with van der Waals surface area (Å²) in [7, 11) is 1.81. The van der Waals surface area contributed by atoms with Gasteiger partial charge >= 0.3 is 0 Å². The van der Waals surface area contributed by atoms with E-state index in [4.69, 9.17) is 9.47 Å². The lowest BCUT2D eigenvalue weighted by Crippen LogP contribution is -2.37. The third-order valence-electron chi connectivity index (χ3n) is 5.25. The van der Waals surface area contributed by atoms with Crippen LogP contribution in [0.25, 0.3) is 0 Å². The van der Waals surface area contributed by atoms with Crippen molar-refractivity contribution in [3.8, 4) is 11.5 Å². The molecule has 0 atom stereocenters. The average Bonchev–Trinajstić information content (AvgIpc) is 2.81. The first-order valence-corrected chi connectivity index (χ1v) is 10.3. The van der Waals surface area contributed by atoms with Crippen molar-refractivity contribution in [2.75, 3.05) is 38.3 Å². The molecular formula is C25H25FN2O3. The molecule has 3 aromatic rings. The highest BCUT2D eigenvalue weighted by atomic mass is 19.1. The van der Waals surface area contributed by atoms with Crippen molar-refractivity contribution >= 4 is 11.6 Å². The molecule has 0 bridgehead atoms. The molecule has 1 aliphatic heterocycles. The summed E-state index contributed by atoms with van der Waals surface area (Å²) < 4.78 is 24.2. The number of rotatable bonds is 6. The fourth-order valence-corrected chi connectivity index (χ4v) is 3.61. The van der Waals surface area contributed by atoms with Crippen molar-refractivity contribution in [2.24, 2.45) is 0 Å². The minimum absolute atomic E-state index is 0.0647. The summed E-state index contributed by atoms with van der Waals surface area (Å²) in [6, 6.07) is 21.0. The first-order valence-electron chi connectivity index (χ1n) is 10.3. The number of benzene rings is 3. The average molecular weight is 420 g/mol. The maximum Gasteiger partial charge on any atom is 0.253 e. The fraction of sp³-hybridized carbons (Fsp3) is 0.240. The number of amides is 1. The van der Waals surface area contributed by atoms with Crippen LogP contribution in [-0.2, 0) is 11.3 Å². The number of nitrogens with zero attached hydrogens (tertiary/aromatic N) is 2. The Balaban J connectivity index is 1.42. The maximum atomic E-state index is 13.0. The van der Waals surface area contributed by atoms with Gasteiger partial charge in [-0.05, 0) is 60.2 Å². The highest BCUT2D eigenvalue weighted by Gasteiger charge is 2.18. The summed E-state index contributed by atoms with van der Waals surface area (Å²) in [5.74, 6) is 0.748. The number of hydrogen-bond acceptors (Lipinski definition) is 4. The Bertz CT molecular complexity index is 1020. The number of carbonyl (C=O) groups is 1. The van der Waals surface area contributed by atoms with Gasteiger partial charge in [0.1, 0.15) is 17.3 Å². The standard InChI is InChI=1S/C25H25FN2O3/c1-27(18-20-4-2-3-5-24(20)28-14-16-30-17-15-28)25(29)19-6-10-22(11-7-19)31-23-12-8-21(26)9-13-23/h2-13H,14-18H2,1H3. The third kappa shape index (κ3) is 5.22. The number of ether oxygens (including phenoxy) is 2. The van der Waals surface area contributed by atoms with E-state index in [1.54, 1.807) is 48.3 Å². The van der Waals surface area contributed by atoms with Gasteiger partial charge in [-0.3, -0.25) is 4.79 Å². The first kappa shape index (κ1) is 20.9. The van der Waals surface area contributed by atoms with Crippen LogP contribution in [0.5, 0.6) is 11.5 Å². The summed E-state index contributed by atoms with van der Waals surface area (Å²) in [5, 5.41) is 0. The molecule has 6 heteroatoms. The minimum Gasteiger partial charge on any atom is -0.457 e. The molecule has 1 saturated heterocycles. The van der Waals surface area contributed by atoms with E-state index in [0.717, 1.165) is 37.6 Å². The minimum atomic E-state index is -0.313. The van der Waals surface area contributed by atoms with Gasteiger partial charge in [-0.1, -0.05) is 18.2 Å². The quantitative estimate of drug-likeness (QED) is 0.578. The molecule has 0 saturated carbocycles. The van der Waals surface area contributed by atoms with Crippen molar-refractivity contribution in [2.45, 2.75) is 6.54 Å². The Labute approximate surface area is 181 Å². The van der Waals surface area contributed by atoms with E-state index in [2.05, 4.69) is 17.0 Å². The van der Waals surface area contributed by atoms with Gasteiger partial charge in [0.2, 0.25) is 0 Å². The van der Waals surface area contributed by atoms with E-state index >= 15 is 0 Å². The molecule has 1 amide bonds. The van der Waals surface area contributed by atoms with Gasteiger partial charge in [-0.15, -0.1) is 0 Å². The van der Waals surface area contributed by atoms with Crippen molar-refractivity contribution in [1.29, 1.82) is 0 Å².